The van der Waals surface area contributed by atoms with Gasteiger partial charge in [0.1, 0.15) is 5.76 Å². The Bertz CT molecular complexity index is 692. The summed E-state index contributed by atoms with van der Waals surface area (Å²) in [6.45, 7) is 2.65. The quantitative estimate of drug-likeness (QED) is 0.878. The molecule has 4 heteroatoms. The highest BCUT2D eigenvalue weighted by atomic mass is 16.3. The van der Waals surface area contributed by atoms with Gasteiger partial charge >= 0.3 is 0 Å². The zero-order valence-electron chi connectivity index (χ0n) is 12.2. The highest BCUT2D eigenvalue weighted by Gasteiger charge is 2.16. The van der Waals surface area contributed by atoms with Crippen LogP contribution in [0.1, 0.15) is 27.2 Å². The first-order chi connectivity index (χ1) is 10.1. The number of furan rings is 1. The third-order valence-electron chi connectivity index (χ3n) is 3.20. The number of carbonyl (C=O) groups is 1. The van der Waals surface area contributed by atoms with E-state index in [-0.39, 0.29) is 12.5 Å². The predicted molar refractivity (Wildman–Crippen MR) is 81.6 cm³/mol. The number of nitrogens with two attached hydrogens (primary N) is 1. The molecule has 108 valence electrons. The second kappa shape index (κ2) is 6.78. The number of nitrogens with zero attached hydrogens (tertiary/aromatic N) is 1. The van der Waals surface area contributed by atoms with Crippen LogP contribution in [0.2, 0.25) is 0 Å². The first-order valence-electron chi connectivity index (χ1n) is 6.70. The Morgan fingerprint density at radius 3 is 2.76 bits per heavy atom. The molecule has 2 N–H and O–H groups in total. The fraction of sp³-hybridized carbons (Fsp3) is 0.235. The molecule has 1 amide bonds. The van der Waals surface area contributed by atoms with Gasteiger partial charge in [-0.15, -0.1) is 0 Å². The Labute approximate surface area is 124 Å². The minimum atomic E-state index is -0.0717. The van der Waals surface area contributed by atoms with E-state index in [2.05, 4.69) is 11.8 Å². The van der Waals surface area contributed by atoms with Crippen LogP contribution < -0.4 is 5.73 Å². The van der Waals surface area contributed by atoms with Gasteiger partial charge in [0.2, 0.25) is 0 Å². The van der Waals surface area contributed by atoms with Gasteiger partial charge in [0.25, 0.3) is 5.91 Å². The van der Waals surface area contributed by atoms with Crippen LogP contribution in [0.25, 0.3) is 0 Å². The van der Waals surface area contributed by atoms with E-state index in [1.807, 2.05) is 31.2 Å². The van der Waals surface area contributed by atoms with Crippen molar-refractivity contribution in [2.75, 3.05) is 13.6 Å². The maximum Gasteiger partial charge on any atom is 0.255 e. The Morgan fingerprint density at radius 2 is 2.10 bits per heavy atom. The maximum absolute atomic E-state index is 12.6. The Morgan fingerprint density at radius 1 is 1.33 bits per heavy atom. The number of benzene rings is 1. The number of rotatable bonds is 3. The van der Waals surface area contributed by atoms with Crippen molar-refractivity contribution in [2.45, 2.75) is 13.5 Å². The minimum absolute atomic E-state index is 0.0717. The van der Waals surface area contributed by atoms with Crippen molar-refractivity contribution in [1.29, 1.82) is 0 Å². The second-order valence-corrected chi connectivity index (χ2v) is 4.71. The molecule has 1 heterocycles. The molecule has 2 rings (SSSR count). The summed E-state index contributed by atoms with van der Waals surface area (Å²) in [6.07, 6.45) is 1.63. The summed E-state index contributed by atoms with van der Waals surface area (Å²) in [4.78, 5) is 14.2. The summed E-state index contributed by atoms with van der Waals surface area (Å²) in [5.74, 6) is 6.48. The van der Waals surface area contributed by atoms with Gasteiger partial charge in [-0.05, 0) is 25.1 Å². The molecule has 1 aromatic heterocycles. The lowest BCUT2D eigenvalue weighted by Gasteiger charge is -2.17. The average molecular weight is 282 g/mol. The van der Waals surface area contributed by atoms with Gasteiger partial charge in [-0.2, -0.15) is 0 Å². The monoisotopic (exact) mass is 282 g/mol. The van der Waals surface area contributed by atoms with Crippen molar-refractivity contribution in [2.24, 2.45) is 5.73 Å². The van der Waals surface area contributed by atoms with E-state index in [4.69, 9.17) is 10.2 Å². The number of aryl methyl sites for hydroxylation is 1. The molecule has 0 spiro atoms. The summed E-state index contributed by atoms with van der Waals surface area (Å²) in [5, 5.41) is 0. The molecular formula is C17H18N2O2. The van der Waals surface area contributed by atoms with Crippen LogP contribution in [-0.4, -0.2) is 24.4 Å². The number of hydrogen-bond donors (Lipinski definition) is 1. The largest absolute Gasteiger partial charge is 0.469 e. The van der Waals surface area contributed by atoms with Gasteiger partial charge in [-0.1, -0.05) is 24.0 Å². The van der Waals surface area contributed by atoms with E-state index < -0.39 is 0 Å². The zero-order chi connectivity index (χ0) is 15.2. The van der Waals surface area contributed by atoms with Crippen molar-refractivity contribution in [3.63, 3.8) is 0 Å². The lowest BCUT2D eigenvalue weighted by atomic mass is 10.1. The molecule has 0 radical (unpaired) electrons. The van der Waals surface area contributed by atoms with Crippen molar-refractivity contribution >= 4 is 5.91 Å². The number of hydrogen-bond acceptors (Lipinski definition) is 3. The fourth-order valence-electron chi connectivity index (χ4n) is 2.03. The molecule has 0 saturated carbocycles. The summed E-state index contributed by atoms with van der Waals surface area (Å²) in [7, 11) is 1.77. The van der Waals surface area contributed by atoms with Gasteiger partial charge in [-0.25, -0.2) is 0 Å². The van der Waals surface area contributed by atoms with E-state index >= 15 is 0 Å². The topological polar surface area (TPSA) is 59.5 Å². The van der Waals surface area contributed by atoms with Crippen molar-refractivity contribution < 1.29 is 9.21 Å². The zero-order valence-corrected chi connectivity index (χ0v) is 12.2. The molecule has 0 fully saturated rings. The Hall–Kier alpha value is -2.51. The van der Waals surface area contributed by atoms with Crippen molar-refractivity contribution in [1.82, 2.24) is 4.90 Å². The molecule has 0 aliphatic carbocycles. The van der Waals surface area contributed by atoms with E-state index in [9.17, 15) is 4.79 Å². The van der Waals surface area contributed by atoms with E-state index in [1.165, 1.54) is 0 Å². The van der Waals surface area contributed by atoms with Crippen LogP contribution in [0, 0.1) is 18.8 Å². The van der Waals surface area contributed by atoms with Gasteiger partial charge in [0.05, 0.1) is 18.4 Å². The lowest BCUT2D eigenvalue weighted by molar-refractivity contribution is 0.0784. The van der Waals surface area contributed by atoms with Gasteiger partial charge in [-0.3, -0.25) is 4.79 Å². The van der Waals surface area contributed by atoms with Gasteiger partial charge < -0.3 is 15.1 Å². The molecule has 4 nitrogen and oxygen atoms in total. The van der Waals surface area contributed by atoms with Crippen molar-refractivity contribution in [3.8, 4) is 11.8 Å². The minimum Gasteiger partial charge on any atom is -0.469 e. The molecule has 2 aromatic rings. The third kappa shape index (κ3) is 3.53. The summed E-state index contributed by atoms with van der Waals surface area (Å²) in [5.41, 5.74) is 7.67. The first kappa shape index (κ1) is 14.9. The SMILES string of the molecule is Cc1occc1CN(C)C(=O)c1ccccc1C#CCN. The molecule has 1 aromatic carbocycles. The number of carbonyl (C=O) groups excluding carboxylic acids is 1. The highest BCUT2D eigenvalue weighted by Crippen LogP contribution is 2.15. The highest BCUT2D eigenvalue weighted by molar-refractivity contribution is 5.96. The average Bonchev–Trinajstić information content (AvgIpc) is 2.90. The van der Waals surface area contributed by atoms with Crippen LogP contribution in [0.3, 0.4) is 0 Å². The summed E-state index contributed by atoms with van der Waals surface area (Å²) >= 11 is 0. The lowest BCUT2D eigenvalue weighted by Crippen LogP contribution is -2.27. The van der Waals surface area contributed by atoms with Crippen LogP contribution in [0.15, 0.2) is 41.0 Å². The van der Waals surface area contributed by atoms with Crippen LogP contribution in [0.4, 0.5) is 0 Å². The molecule has 0 atom stereocenters. The van der Waals surface area contributed by atoms with Crippen LogP contribution in [-0.2, 0) is 6.54 Å². The van der Waals surface area contributed by atoms with E-state index in [1.54, 1.807) is 24.3 Å². The van der Waals surface area contributed by atoms with E-state index in [0.717, 1.165) is 11.3 Å². The molecular weight excluding hydrogens is 264 g/mol. The molecule has 0 aliphatic rings. The Kier molecular flexibility index (Phi) is 4.81. The molecule has 0 unspecified atom stereocenters. The predicted octanol–water partition coefficient (Wildman–Crippen LogP) is 2.17. The van der Waals surface area contributed by atoms with E-state index in [0.29, 0.717) is 17.7 Å². The first-order valence-corrected chi connectivity index (χ1v) is 6.70. The maximum atomic E-state index is 12.6. The smallest absolute Gasteiger partial charge is 0.255 e. The Balaban J connectivity index is 2.21. The van der Waals surface area contributed by atoms with Gasteiger partial charge in [0, 0.05) is 24.7 Å². The molecule has 0 aliphatic heterocycles. The fourth-order valence-corrected chi connectivity index (χ4v) is 2.03. The summed E-state index contributed by atoms with van der Waals surface area (Å²) in [6, 6.07) is 9.17. The standard InChI is InChI=1S/C17H18N2O2/c1-13-15(9-11-21-13)12-19(2)17(20)16-8-4-3-6-14(16)7-5-10-18/h3-4,6,8-9,11H,10,12,18H2,1-2H3. The van der Waals surface area contributed by atoms with Crippen LogP contribution >= 0.6 is 0 Å². The third-order valence-corrected chi connectivity index (χ3v) is 3.20. The summed E-state index contributed by atoms with van der Waals surface area (Å²) < 4.78 is 5.25. The molecule has 21 heavy (non-hydrogen) atoms. The van der Waals surface area contributed by atoms with Crippen LogP contribution in [0.5, 0.6) is 0 Å². The molecule has 0 saturated heterocycles. The second-order valence-electron chi connectivity index (χ2n) is 4.71. The van der Waals surface area contributed by atoms with Gasteiger partial charge in [0.15, 0.2) is 0 Å². The normalized spacial score (nSPS) is 9.86. The van der Waals surface area contributed by atoms with Crippen molar-refractivity contribution in [3.05, 3.63) is 59.0 Å². The number of amides is 1. The molecule has 0 bridgehead atoms.